The molecule has 0 aromatic heterocycles. The van der Waals surface area contributed by atoms with Crippen molar-refractivity contribution in [2.45, 2.75) is 0 Å². The first-order chi connectivity index (χ1) is 8.47. The Bertz CT molecular complexity index is 602. The minimum atomic E-state index is -1.23. The highest BCUT2D eigenvalue weighted by Crippen LogP contribution is 2.27. The average molecular weight is 364 g/mol. The summed E-state index contributed by atoms with van der Waals surface area (Å²) in [5.41, 5.74) is 6.39. The van der Waals surface area contributed by atoms with Crippen molar-refractivity contribution in [1.82, 2.24) is 0 Å². The molecule has 0 unspecified atom stereocenters. The lowest BCUT2D eigenvalue weighted by molar-refractivity contribution is 0.498. The van der Waals surface area contributed by atoms with Crippen molar-refractivity contribution < 1.29 is 13.2 Å². The van der Waals surface area contributed by atoms with Crippen molar-refractivity contribution in [2.24, 2.45) is 0 Å². The van der Waals surface area contributed by atoms with Crippen LogP contribution in [-0.4, -0.2) is 0 Å². The van der Waals surface area contributed by atoms with Crippen molar-refractivity contribution in [3.63, 3.8) is 0 Å². The lowest BCUT2D eigenvalue weighted by Crippen LogP contribution is -2.00. The zero-order chi connectivity index (χ0) is 13.3. The van der Waals surface area contributed by atoms with Crippen LogP contribution in [0.1, 0.15) is 0 Å². The van der Waals surface area contributed by atoms with Crippen molar-refractivity contribution in [3.05, 3.63) is 51.4 Å². The predicted octanol–water partition coefficient (Wildman–Crippen LogP) is 4.03. The third-order valence-corrected chi connectivity index (χ3v) is 3.15. The van der Waals surface area contributed by atoms with E-state index in [4.69, 9.17) is 5.73 Å². The Morgan fingerprint density at radius 1 is 1.00 bits per heavy atom. The number of anilines is 3. The van der Waals surface area contributed by atoms with Crippen LogP contribution < -0.4 is 11.1 Å². The highest BCUT2D eigenvalue weighted by atomic mass is 127. The zero-order valence-electron chi connectivity index (χ0n) is 8.98. The summed E-state index contributed by atoms with van der Waals surface area (Å²) in [6.45, 7) is 0. The summed E-state index contributed by atoms with van der Waals surface area (Å²) in [4.78, 5) is 0. The first-order valence-electron chi connectivity index (χ1n) is 4.94. The quantitative estimate of drug-likeness (QED) is 0.480. The van der Waals surface area contributed by atoms with E-state index in [1.807, 2.05) is 22.6 Å². The molecule has 0 amide bonds. The van der Waals surface area contributed by atoms with Gasteiger partial charge in [0.05, 0.1) is 11.4 Å². The highest BCUT2D eigenvalue weighted by Gasteiger charge is 2.12. The third kappa shape index (κ3) is 2.69. The lowest BCUT2D eigenvalue weighted by Gasteiger charge is -2.10. The summed E-state index contributed by atoms with van der Waals surface area (Å²) in [6, 6.07) is 6.27. The Balaban J connectivity index is 2.40. The molecular formula is C12H8F3IN2. The molecule has 0 aliphatic rings. The van der Waals surface area contributed by atoms with Crippen molar-refractivity contribution in [1.29, 1.82) is 0 Å². The molecule has 0 atom stereocenters. The van der Waals surface area contributed by atoms with Gasteiger partial charge in [-0.3, -0.25) is 0 Å². The van der Waals surface area contributed by atoms with Gasteiger partial charge in [0, 0.05) is 21.4 Å². The lowest BCUT2D eigenvalue weighted by atomic mass is 10.2. The van der Waals surface area contributed by atoms with E-state index < -0.39 is 17.5 Å². The Morgan fingerprint density at radius 2 is 1.72 bits per heavy atom. The molecule has 94 valence electrons. The van der Waals surface area contributed by atoms with Crippen molar-refractivity contribution >= 4 is 39.7 Å². The molecule has 0 heterocycles. The van der Waals surface area contributed by atoms with Gasteiger partial charge in [0.2, 0.25) is 0 Å². The number of hydrogen-bond acceptors (Lipinski definition) is 2. The molecule has 3 N–H and O–H groups in total. The molecule has 6 heteroatoms. The van der Waals surface area contributed by atoms with Crippen LogP contribution in [0.2, 0.25) is 0 Å². The predicted molar refractivity (Wildman–Crippen MR) is 73.2 cm³/mol. The minimum Gasteiger partial charge on any atom is -0.399 e. The monoisotopic (exact) mass is 364 g/mol. The van der Waals surface area contributed by atoms with Gasteiger partial charge in [-0.2, -0.15) is 0 Å². The van der Waals surface area contributed by atoms with Crippen LogP contribution in [0, 0.1) is 21.0 Å². The maximum Gasteiger partial charge on any atom is 0.182 e. The van der Waals surface area contributed by atoms with Gasteiger partial charge in [0.1, 0.15) is 5.82 Å². The van der Waals surface area contributed by atoms with Crippen LogP contribution >= 0.6 is 22.6 Å². The number of nitrogens with two attached hydrogens (primary N) is 1. The summed E-state index contributed by atoms with van der Waals surface area (Å²) >= 11 is 1.99. The fourth-order valence-electron chi connectivity index (χ4n) is 1.42. The number of nitrogen functional groups attached to an aromatic ring is 1. The minimum absolute atomic E-state index is 0.254. The summed E-state index contributed by atoms with van der Waals surface area (Å²) in [7, 11) is 0. The van der Waals surface area contributed by atoms with Gasteiger partial charge in [-0.15, -0.1) is 0 Å². The Labute approximate surface area is 115 Å². The molecular weight excluding hydrogens is 356 g/mol. The fraction of sp³-hybridized carbons (Fsp3) is 0. The standard InChI is InChI=1S/C12H8F3IN2/c13-6-3-8(14)12(15)11(4-6)18-10-2-1-7(17)5-9(10)16/h1-5,18H,17H2. The maximum atomic E-state index is 13.4. The molecule has 0 saturated carbocycles. The number of rotatable bonds is 2. The summed E-state index contributed by atoms with van der Waals surface area (Å²) in [5.74, 6) is -3.20. The van der Waals surface area contributed by atoms with Crippen molar-refractivity contribution in [3.8, 4) is 0 Å². The maximum absolute atomic E-state index is 13.4. The molecule has 0 bridgehead atoms. The second-order valence-electron chi connectivity index (χ2n) is 3.61. The molecule has 0 spiro atoms. The van der Waals surface area contributed by atoms with E-state index in [2.05, 4.69) is 5.32 Å². The van der Waals surface area contributed by atoms with E-state index in [-0.39, 0.29) is 5.69 Å². The second kappa shape index (κ2) is 5.05. The van der Waals surface area contributed by atoms with E-state index in [9.17, 15) is 13.2 Å². The fourth-order valence-corrected chi connectivity index (χ4v) is 2.10. The highest BCUT2D eigenvalue weighted by molar-refractivity contribution is 14.1. The van der Waals surface area contributed by atoms with Gasteiger partial charge >= 0.3 is 0 Å². The topological polar surface area (TPSA) is 38.0 Å². The van der Waals surface area contributed by atoms with Gasteiger partial charge in [-0.25, -0.2) is 13.2 Å². The molecule has 0 aliphatic heterocycles. The van der Waals surface area contributed by atoms with E-state index in [1.54, 1.807) is 18.2 Å². The Morgan fingerprint density at radius 3 is 2.39 bits per heavy atom. The largest absolute Gasteiger partial charge is 0.399 e. The molecule has 2 nitrogen and oxygen atoms in total. The van der Waals surface area contributed by atoms with Gasteiger partial charge in [-0.05, 0) is 40.8 Å². The van der Waals surface area contributed by atoms with E-state index >= 15 is 0 Å². The summed E-state index contributed by atoms with van der Waals surface area (Å²) in [6.07, 6.45) is 0. The van der Waals surface area contributed by atoms with E-state index in [1.165, 1.54) is 0 Å². The molecule has 2 aromatic carbocycles. The first kappa shape index (κ1) is 13.0. The normalized spacial score (nSPS) is 10.4. The van der Waals surface area contributed by atoms with Gasteiger partial charge < -0.3 is 11.1 Å². The van der Waals surface area contributed by atoms with E-state index in [0.717, 1.165) is 9.64 Å². The molecule has 0 saturated heterocycles. The van der Waals surface area contributed by atoms with Crippen LogP contribution in [-0.2, 0) is 0 Å². The van der Waals surface area contributed by atoms with Crippen molar-refractivity contribution in [2.75, 3.05) is 11.1 Å². The number of hydrogen-bond donors (Lipinski definition) is 2. The third-order valence-electron chi connectivity index (χ3n) is 2.26. The SMILES string of the molecule is Nc1ccc(Nc2cc(F)cc(F)c2F)c(I)c1. The van der Waals surface area contributed by atoms with Gasteiger partial charge in [0.25, 0.3) is 0 Å². The average Bonchev–Trinajstić information content (AvgIpc) is 2.29. The van der Waals surface area contributed by atoms with Crippen LogP contribution in [0.15, 0.2) is 30.3 Å². The molecule has 2 rings (SSSR count). The molecule has 18 heavy (non-hydrogen) atoms. The van der Waals surface area contributed by atoms with Crippen LogP contribution in [0.5, 0.6) is 0 Å². The van der Waals surface area contributed by atoms with Crippen LogP contribution in [0.4, 0.5) is 30.2 Å². The van der Waals surface area contributed by atoms with E-state index in [0.29, 0.717) is 17.4 Å². The number of nitrogens with one attached hydrogen (secondary N) is 1. The van der Waals surface area contributed by atoms with Crippen LogP contribution in [0.25, 0.3) is 0 Å². The molecule has 2 aromatic rings. The molecule has 0 fully saturated rings. The smallest absolute Gasteiger partial charge is 0.182 e. The number of benzene rings is 2. The zero-order valence-corrected chi connectivity index (χ0v) is 11.1. The molecule has 0 aliphatic carbocycles. The first-order valence-corrected chi connectivity index (χ1v) is 6.02. The Kier molecular flexibility index (Phi) is 3.65. The number of halogens is 4. The van der Waals surface area contributed by atoms with Gasteiger partial charge in [0.15, 0.2) is 11.6 Å². The molecule has 0 radical (unpaired) electrons. The summed E-state index contributed by atoms with van der Waals surface area (Å²) < 4.78 is 40.2. The van der Waals surface area contributed by atoms with Crippen LogP contribution in [0.3, 0.4) is 0 Å². The Hall–Kier alpha value is -1.44. The second-order valence-corrected chi connectivity index (χ2v) is 4.78. The summed E-state index contributed by atoms with van der Waals surface area (Å²) in [5, 5.41) is 2.63. The van der Waals surface area contributed by atoms with Gasteiger partial charge in [-0.1, -0.05) is 0 Å².